The minimum Gasteiger partial charge on any atom is -0.442 e. The van der Waals surface area contributed by atoms with Crippen LogP contribution in [0.25, 0.3) is 16.9 Å². The highest BCUT2D eigenvalue weighted by atomic mass is 19.2. The van der Waals surface area contributed by atoms with Gasteiger partial charge in [0.1, 0.15) is 18.2 Å². The molecule has 0 N–H and O–H groups in total. The molecule has 1 fully saturated rings. The monoisotopic (exact) mass is 443 g/mol. The lowest BCUT2D eigenvalue weighted by molar-refractivity contribution is 0.129. The number of ether oxygens (including phenoxy) is 1. The van der Waals surface area contributed by atoms with Crippen molar-refractivity contribution in [2.24, 2.45) is 0 Å². The third-order valence-corrected chi connectivity index (χ3v) is 4.79. The quantitative estimate of drug-likeness (QED) is 0.429. The molecule has 1 atom stereocenters. The lowest BCUT2D eigenvalue weighted by Gasteiger charge is -2.16. The molecule has 0 aliphatic carbocycles. The molecule has 0 spiro atoms. The Hall–Kier alpha value is -4.36. The van der Waals surface area contributed by atoms with Crippen LogP contribution in [0.1, 0.15) is 0 Å². The minimum atomic E-state index is -1.45. The van der Waals surface area contributed by atoms with Crippen molar-refractivity contribution in [1.29, 1.82) is 0 Å². The van der Waals surface area contributed by atoms with Gasteiger partial charge in [0.15, 0.2) is 17.5 Å². The van der Waals surface area contributed by atoms with Crippen molar-refractivity contribution >= 4 is 11.8 Å². The van der Waals surface area contributed by atoms with E-state index in [0.717, 1.165) is 17.2 Å². The summed E-state index contributed by atoms with van der Waals surface area (Å²) in [5.41, 5.74) is -1.18. The Labute approximate surface area is 177 Å². The lowest BCUT2D eigenvalue weighted by Crippen LogP contribution is -2.27. The van der Waals surface area contributed by atoms with Gasteiger partial charge in [0, 0.05) is 24.0 Å². The number of aromatic nitrogens is 8. The van der Waals surface area contributed by atoms with Gasteiger partial charge in [0.05, 0.1) is 30.5 Å². The van der Waals surface area contributed by atoms with E-state index in [2.05, 4.69) is 30.8 Å². The second kappa shape index (κ2) is 7.72. The largest absolute Gasteiger partial charge is 0.442 e. The van der Waals surface area contributed by atoms with Gasteiger partial charge >= 0.3 is 6.09 Å². The van der Waals surface area contributed by atoms with Crippen molar-refractivity contribution in [2.45, 2.75) is 12.6 Å². The van der Waals surface area contributed by atoms with Crippen LogP contribution in [0.15, 0.2) is 43.1 Å². The summed E-state index contributed by atoms with van der Waals surface area (Å²) in [7, 11) is 0. The molecule has 0 bridgehead atoms. The van der Waals surface area contributed by atoms with Gasteiger partial charge in [0.25, 0.3) is 0 Å². The first-order valence-electron chi connectivity index (χ1n) is 9.21. The van der Waals surface area contributed by atoms with E-state index in [4.69, 9.17) is 4.74 Å². The van der Waals surface area contributed by atoms with E-state index in [0.29, 0.717) is 5.82 Å². The molecule has 14 heteroatoms. The van der Waals surface area contributed by atoms with Crippen LogP contribution in [-0.4, -0.2) is 58.9 Å². The van der Waals surface area contributed by atoms with E-state index in [1.165, 1.54) is 34.0 Å². The highest BCUT2D eigenvalue weighted by Crippen LogP contribution is 2.35. The van der Waals surface area contributed by atoms with Crippen LogP contribution in [-0.2, 0) is 11.3 Å². The molecule has 1 aliphatic rings. The number of carbonyl (C=O) groups excluding carboxylic acids is 1. The highest BCUT2D eigenvalue weighted by molar-refractivity contribution is 5.90. The number of carbonyl (C=O) groups is 1. The van der Waals surface area contributed by atoms with E-state index < -0.39 is 40.9 Å². The zero-order valence-electron chi connectivity index (χ0n) is 16.0. The standard InChI is InChI=1S/C18H12F3N9O2/c19-12-5-13(29-8-11(32-18(29)31)7-28-4-3-23-26-28)16(20)17(21)15(12)10-1-2-14(22-6-10)30-9-24-25-27-30/h1-6,9,11H,7-8H2/t11-/m0/s1. The van der Waals surface area contributed by atoms with Crippen LogP contribution in [0.4, 0.5) is 23.7 Å². The van der Waals surface area contributed by atoms with Gasteiger partial charge in [-0.2, -0.15) is 4.68 Å². The van der Waals surface area contributed by atoms with Crippen LogP contribution < -0.4 is 4.90 Å². The third kappa shape index (κ3) is 3.40. The maximum atomic E-state index is 14.9. The van der Waals surface area contributed by atoms with Crippen LogP contribution >= 0.6 is 0 Å². The maximum Gasteiger partial charge on any atom is 0.414 e. The van der Waals surface area contributed by atoms with E-state index in [-0.39, 0.29) is 18.7 Å². The van der Waals surface area contributed by atoms with Crippen LogP contribution in [0, 0.1) is 17.5 Å². The normalized spacial score (nSPS) is 15.9. The van der Waals surface area contributed by atoms with Crippen LogP contribution in [0.2, 0.25) is 0 Å². The number of pyridine rings is 1. The fourth-order valence-corrected chi connectivity index (χ4v) is 3.33. The van der Waals surface area contributed by atoms with E-state index >= 15 is 0 Å². The van der Waals surface area contributed by atoms with Gasteiger partial charge < -0.3 is 4.74 Å². The average Bonchev–Trinajstić information content (AvgIpc) is 3.55. The number of hydrogen-bond donors (Lipinski definition) is 0. The van der Waals surface area contributed by atoms with Crippen LogP contribution in [0.3, 0.4) is 0 Å². The summed E-state index contributed by atoms with van der Waals surface area (Å²) >= 11 is 0. The Balaban J connectivity index is 1.43. The zero-order valence-corrected chi connectivity index (χ0v) is 16.0. The first kappa shape index (κ1) is 19.6. The molecule has 1 amide bonds. The first-order chi connectivity index (χ1) is 15.5. The SMILES string of the molecule is O=C1O[C@@H](Cn2ccnn2)CN1c1cc(F)c(-c2ccc(-n3cnnn3)nc2)c(F)c1F. The van der Waals surface area contributed by atoms with E-state index in [1.54, 1.807) is 6.20 Å². The summed E-state index contributed by atoms with van der Waals surface area (Å²) in [6, 6.07) is 3.52. The Kier molecular flexibility index (Phi) is 4.73. The number of rotatable bonds is 5. The predicted molar refractivity (Wildman–Crippen MR) is 99.9 cm³/mol. The number of cyclic esters (lactones) is 1. The number of halogens is 3. The molecule has 3 aromatic heterocycles. The van der Waals surface area contributed by atoms with Gasteiger partial charge in [-0.3, -0.25) is 4.90 Å². The second-order valence-electron chi connectivity index (χ2n) is 6.78. The smallest absolute Gasteiger partial charge is 0.414 e. The molecule has 4 heterocycles. The molecule has 32 heavy (non-hydrogen) atoms. The fraction of sp³-hybridized carbons (Fsp3) is 0.167. The molecule has 0 unspecified atom stereocenters. The Morgan fingerprint density at radius 1 is 1.12 bits per heavy atom. The Morgan fingerprint density at radius 2 is 2.00 bits per heavy atom. The highest BCUT2D eigenvalue weighted by Gasteiger charge is 2.36. The predicted octanol–water partition coefficient (Wildman–Crippen LogP) is 1.76. The molecule has 0 saturated carbocycles. The molecule has 5 rings (SSSR count). The Morgan fingerprint density at radius 3 is 2.69 bits per heavy atom. The van der Waals surface area contributed by atoms with Crippen LogP contribution in [0.5, 0.6) is 0 Å². The summed E-state index contributed by atoms with van der Waals surface area (Å²) in [4.78, 5) is 17.1. The maximum absolute atomic E-state index is 14.9. The van der Waals surface area contributed by atoms with Crippen molar-refractivity contribution in [3.05, 3.63) is 60.6 Å². The summed E-state index contributed by atoms with van der Waals surface area (Å²) in [6.07, 6.45) is 3.84. The molecular formula is C18H12F3N9O2. The molecule has 1 saturated heterocycles. The number of hydrogen-bond acceptors (Lipinski definition) is 8. The molecule has 4 aromatic rings. The van der Waals surface area contributed by atoms with Gasteiger partial charge in [0.2, 0.25) is 0 Å². The first-order valence-corrected chi connectivity index (χ1v) is 9.21. The van der Waals surface area contributed by atoms with Crippen molar-refractivity contribution in [3.8, 4) is 16.9 Å². The number of anilines is 1. The molecule has 1 aliphatic heterocycles. The number of amides is 1. The van der Waals surface area contributed by atoms with Crippen molar-refractivity contribution in [3.63, 3.8) is 0 Å². The average molecular weight is 443 g/mol. The topological polar surface area (TPSA) is 117 Å². The van der Waals surface area contributed by atoms with Gasteiger partial charge in [-0.05, 0) is 22.6 Å². The summed E-state index contributed by atoms with van der Waals surface area (Å²) in [5.74, 6) is -3.60. The Bertz CT molecular complexity index is 1260. The van der Waals surface area contributed by atoms with Gasteiger partial charge in [-0.25, -0.2) is 27.6 Å². The molecule has 162 valence electrons. The molecule has 0 radical (unpaired) electrons. The van der Waals surface area contributed by atoms with Crippen molar-refractivity contribution in [1.82, 2.24) is 40.2 Å². The van der Waals surface area contributed by atoms with Crippen molar-refractivity contribution < 1.29 is 22.7 Å². The second-order valence-corrected chi connectivity index (χ2v) is 6.78. The van der Waals surface area contributed by atoms with Crippen molar-refractivity contribution in [2.75, 3.05) is 11.4 Å². The van der Waals surface area contributed by atoms with E-state index in [1.807, 2.05) is 0 Å². The van der Waals surface area contributed by atoms with E-state index in [9.17, 15) is 18.0 Å². The third-order valence-electron chi connectivity index (χ3n) is 4.79. The van der Waals surface area contributed by atoms with Gasteiger partial charge in [-0.15, -0.1) is 10.2 Å². The zero-order chi connectivity index (χ0) is 22.2. The summed E-state index contributed by atoms with van der Waals surface area (Å²) in [6.45, 7) is 0.0439. The van der Waals surface area contributed by atoms with Gasteiger partial charge in [-0.1, -0.05) is 5.21 Å². The molecular weight excluding hydrogens is 431 g/mol. The minimum absolute atomic E-state index is 0.00432. The lowest BCUT2D eigenvalue weighted by atomic mass is 10.0. The summed E-state index contributed by atoms with van der Waals surface area (Å²) < 4.78 is 52.5. The number of tetrazole rings is 1. The number of benzene rings is 1. The number of nitrogens with zero attached hydrogens (tertiary/aromatic N) is 9. The fourth-order valence-electron chi connectivity index (χ4n) is 3.33. The molecule has 1 aromatic carbocycles. The summed E-state index contributed by atoms with van der Waals surface area (Å²) in [5, 5.41) is 18.0. The molecule has 11 nitrogen and oxygen atoms in total.